The third-order valence-electron chi connectivity index (χ3n) is 14.7. The number of nitrogens with one attached hydrogen (secondary N) is 2. The molecule has 0 radical (unpaired) electrons. The van der Waals surface area contributed by atoms with Crippen LogP contribution in [0, 0.1) is 12.3 Å². The number of likely N-dealkylation sites (tertiary alicyclic amines) is 1. The van der Waals surface area contributed by atoms with Crippen LogP contribution in [0.4, 0.5) is 28.4 Å². The Bertz CT molecular complexity index is 3110. The van der Waals surface area contributed by atoms with Gasteiger partial charge in [-0.3, -0.25) is 29.3 Å². The molecule has 3 atom stereocenters. The number of ketones is 1. The van der Waals surface area contributed by atoms with E-state index in [0.717, 1.165) is 34.5 Å². The van der Waals surface area contributed by atoms with Crippen LogP contribution in [0.15, 0.2) is 118 Å². The predicted molar refractivity (Wildman–Crippen MR) is 295 cm³/mol. The van der Waals surface area contributed by atoms with Crippen LogP contribution in [0.2, 0.25) is 0 Å². The molecule has 0 aliphatic carbocycles. The second-order valence-electron chi connectivity index (χ2n) is 20.4. The molecule has 3 aliphatic rings. The Morgan fingerprint density at radius 3 is 2.23 bits per heavy atom. The number of azo groups is 2. The fourth-order valence-corrected chi connectivity index (χ4v) is 9.77. The normalized spacial score (nSPS) is 16.9. The van der Waals surface area contributed by atoms with Crippen molar-refractivity contribution >= 4 is 63.8 Å². The highest BCUT2D eigenvalue weighted by atomic mass is 16.5. The van der Waals surface area contributed by atoms with Crippen LogP contribution in [0.3, 0.4) is 0 Å². The second-order valence-corrected chi connectivity index (χ2v) is 20.4. The van der Waals surface area contributed by atoms with Gasteiger partial charge in [0.05, 0.1) is 50.7 Å². The molecular weight excluding hydrogens is 1010 g/mol. The molecule has 0 saturated carbocycles. The Labute approximate surface area is 460 Å². The number of fused-ring (bicyclic) bond motifs is 1. The molecule has 19 heteroatoms. The minimum Gasteiger partial charge on any atom is -0.496 e. The van der Waals surface area contributed by atoms with Gasteiger partial charge in [0.1, 0.15) is 23.9 Å². The van der Waals surface area contributed by atoms with E-state index in [-0.39, 0.29) is 31.2 Å². The minimum atomic E-state index is -0.869. The maximum atomic E-state index is 14.1. The number of methoxy groups -OCH3 is 3. The van der Waals surface area contributed by atoms with Gasteiger partial charge < -0.3 is 38.8 Å². The quantitative estimate of drug-likeness (QED) is 0.0205. The Morgan fingerprint density at radius 2 is 1.52 bits per heavy atom. The van der Waals surface area contributed by atoms with E-state index in [0.29, 0.717) is 109 Å². The molecule has 0 bridgehead atoms. The van der Waals surface area contributed by atoms with Crippen molar-refractivity contribution in [2.75, 3.05) is 46.3 Å². The molecule has 2 saturated heterocycles. The van der Waals surface area contributed by atoms with E-state index >= 15 is 0 Å². The molecule has 3 aliphatic heterocycles. The lowest BCUT2D eigenvalue weighted by atomic mass is 9.84. The van der Waals surface area contributed by atoms with Gasteiger partial charge in [0, 0.05) is 60.4 Å². The first-order chi connectivity index (χ1) is 38.1. The van der Waals surface area contributed by atoms with Crippen LogP contribution in [0.5, 0.6) is 23.0 Å². The van der Waals surface area contributed by atoms with Crippen molar-refractivity contribution in [2.24, 2.45) is 25.9 Å². The number of ether oxygens (including phenoxy) is 5. The van der Waals surface area contributed by atoms with Gasteiger partial charge >= 0.3 is 5.97 Å². The van der Waals surface area contributed by atoms with Gasteiger partial charge in [0.25, 0.3) is 11.8 Å². The van der Waals surface area contributed by atoms with Crippen molar-refractivity contribution in [2.45, 2.75) is 110 Å². The summed E-state index contributed by atoms with van der Waals surface area (Å²) in [6.07, 6.45) is 3.75. The summed E-state index contributed by atoms with van der Waals surface area (Å²) in [5, 5.41) is 23.7. The number of carbonyl (C=O) groups excluding carboxylic acids is 6. The summed E-state index contributed by atoms with van der Waals surface area (Å²) in [6, 6.07) is 27.8. The van der Waals surface area contributed by atoms with Crippen molar-refractivity contribution in [3.63, 3.8) is 0 Å². The molecule has 0 spiro atoms. The molecule has 3 heterocycles. The van der Waals surface area contributed by atoms with Crippen LogP contribution in [0.1, 0.15) is 111 Å². The van der Waals surface area contributed by atoms with E-state index in [4.69, 9.17) is 23.7 Å². The van der Waals surface area contributed by atoms with Gasteiger partial charge in [-0.05, 0) is 130 Å². The smallest absolute Gasteiger partial charge is 0.329 e. The molecule has 4 amide bonds. The summed E-state index contributed by atoms with van der Waals surface area (Å²) in [7, 11) is 4.67. The standard InChI is InChI=1S/C60H68N8O11/c1-8-60(3,4)55(70)58(73)67-30-10-9-18-48(67)59(74)79-50(27-20-38-19-26-49(75-5)37(2)32-38)39-14-11-15-42(33-39)64-63-41-23-21-40(22-24-41)61-29-13-31-78-54-51(76-6)34-43(35-52(54)77-7)65-66-46-17-12-16-44-45(46)36-68(57(44)72)47-25-28-53(69)62-56(47)71/h11-12,14-17,19,21-24,26,32-35,47-48,50,61H,8-10,13,18,20,25,27-31,36H2,1-7H3,(H,62,69,71)/t47?,48-,50+/m0/s1. The molecule has 0 aromatic heterocycles. The Morgan fingerprint density at radius 1 is 0.797 bits per heavy atom. The number of carbonyl (C=O) groups is 6. The molecule has 79 heavy (non-hydrogen) atoms. The minimum absolute atomic E-state index is 0.160. The summed E-state index contributed by atoms with van der Waals surface area (Å²) in [5.74, 6) is -0.847. The molecule has 1 unspecified atom stereocenters. The summed E-state index contributed by atoms with van der Waals surface area (Å²) in [5.41, 5.74) is 5.94. The molecule has 2 N–H and O–H groups in total. The van der Waals surface area contributed by atoms with Gasteiger partial charge in [-0.15, -0.1) is 0 Å². The number of rotatable bonds is 23. The Kier molecular flexibility index (Phi) is 18.5. The molecule has 2 fully saturated rings. The molecule has 5 aromatic rings. The van der Waals surface area contributed by atoms with E-state index < -0.39 is 47.2 Å². The largest absolute Gasteiger partial charge is 0.496 e. The van der Waals surface area contributed by atoms with Crippen molar-refractivity contribution < 1.29 is 52.5 Å². The highest BCUT2D eigenvalue weighted by Crippen LogP contribution is 2.43. The van der Waals surface area contributed by atoms with Crippen molar-refractivity contribution in [3.8, 4) is 23.0 Å². The molecule has 414 valence electrons. The first kappa shape index (κ1) is 56.7. The maximum Gasteiger partial charge on any atom is 0.329 e. The van der Waals surface area contributed by atoms with E-state index in [1.807, 2.05) is 74.5 Å². The Balaban J connectivity index is 0.865. The third kappa shape index (κ3) is 13.6. The number of aryl methyl sites for hydroxylation is 2. The zero-order valence-electron chi connectivity index (χ0n) is 45.8. The van der Waals surface area contributed by atoms with E-state index in [2.05, 4.69) is 37.2 Å². The number of anilines is 1. The van der Waals surface area contributed by atoms with Crippen LogP contribution in [-0.2, 0) is 41.7 Å². The number of benzene rings is 5. The fraction of sp³-hybridized carbons (Fsp3) is 0.400. The maximum absolute atomic E-state index is 14.1. The lowest BCUT2D eigenvalue weighted by Gasteiger charge is -2.36. The zero-order valence-corrected chi connectivity index (χ0v) is 45.8. The van der Waals surface area contributed by atoms with Gasteiger partial charge in [-0.2, -0.15) is 20.5 Å². The van der Waals surface area contributed by atoms with Crippen LogP contribution in [0.25, 0.3) is 0 Å². The first-order valence-electron chi connectivity index (χ1n) is 26.7. The highest BCUT2D eigenvalue weighted by molar-refractivity contribution is 6.38. The lowest BCUT2D eigenvalue weighted by Crippen LogP contribution is -2.53. The second kappa shape index (κ2) is 25.8. The molecule has 19 nitrogen and oxygen atoms in total. The number of amides is 4. The van der Waals surface area contributed by atoms with Crippen LogP contribution < -0.4 is 29.6 Å². The Hall–Kier alpha value is -8.48. The lowest BCUT2D eigenvalue weighted by molar-refractivity contribution is -0.164. The molecular formula is C60H68N8O11. The molecule has 5 aromatic carbocycles. The SMILES string of the molecule is CCC(C)(C)C(=O)C(=O)N1CCCC[C@H]1C(=O)O[C@H](CCc1ccc(OC)c(C)c1)c1cccc(N=Nc2ccc(NCCCOc3c(OC)cc(N=Nc4cccc5c4CN(C4CCC(=O)NC4=O)C5=O)cc3OC)cc2)c1. The summed E-state index contributed by atoms with van der Waals surface area (Å²) in [4.78, 5) is 81.5. The highest BCUT2D eigenvalue weighted by Gasteiger charge is 2.42. The fourth-order valence-electron chi connectivity index (χ4n) is 9.77. The number of hydrogen-bond donors (Lipinski definition) is 2. The summed E-state index contributed by atoms with van der Waals surface area (Å²) in [6.45, 7) is 8.76. The number of esters is 1. The van der Waals surface area contributed by atoms with E-state index in [9.17, 15) is 28.8 Å². The van der Waals surface area contributed by atoms with Crippen molar-refractivity contribution in [3.05, 3.63) is 125 Å². The van der Waals surface area contributed by atoms with Crippen LogP contribution in [-0.4, -0.2) is 98.3 Å². The third-order valence-corrected chi connectivity index (χ3v) is 14.7. The average Bonchev–Trinajstić information content (AvgIpc) is 3.82. The molecule has 8 rings (SSSR count). The van der Waals surface area contributed by atoms with Gasteiger partial charge in [0.15, 0.2) is 11.5 Å². The van der Waals surface area contributed by atoms with Gasteiger partial charge in [-0.1, -0.05) is 51.1 Å². The van der Waals surface area contributed by atoms with Gasteiger partial charge in [0.2, 0.25) is 23.3 Å². The predicted octanol–water partition coefficient (Wildman–Crippen LogP) is 11.1. The summed E-state index contributed by atoms with van der Waals surface area (Å²) < 4.78 is 29.3. The summed E-state index contributed by atoms with van der Waals surface area (Å²) >= 11 is 0. The number of Topliss-reactive ketones (excluding diaryl/α,β-unsaturated/α-hetero) is 1. The van der Waals surface area contributed by atoms with Gasteiger partial charge in [-0.25, -0.2) is 4.79 Å². The van der Waals surface area contributed by atoms with Crippen molar-refractivity contribution in [1.82, 2.24) is 15.1 Å². The average molecular weight is 1080 g/mol. The topological polar surface area (TPSA) is 229 Å². The van der Waals surface area contributed by atoms with E-state index in [1.165, 1.54) is 24.0 Å². The number of piperidine rings is 2. The van der Waals surface area contributed by atoms with E-state index in [1.54, 1.807) is 51.3 Å². The number of nitrogens with zero attached hydrogens (tertiary/aromatic N) is 6. The number of hydrogen-bond acceptors (Lipinski definition) is 16. The first-order valence-corrected chi connectivity index (χ1v) is 26.7. The zero-order chi connectivity index (χ0) is 56.2. The van der Waals surface area contributed by atoms with Crippen molar-refractivity contribution in [1.29, 1.82) is 0 Å². The monoisotopic (exact) mass is 1080 g/mol. The van der Waals surface area contributed by atoms with Crippen LogP contribution >= 0.6 is 0 Å². The number of imide groups is 1.